The predicted octanol–water partition coefficient (Wildman–Crippen LogP) is 4.67. The normalized spacial score (nSPS) is 21.1. The van der Waals surface area contributed by atoms with E-state index in [2.05, 4.69) is 4.98 Å². The monoisotopic (exact) mass is 474 g/mol. The fourth-order valence-corrected chi connectivity index (χ4v) is 5.03. The first-order valence-corrected chi connectivity index (χ1v) is 11.4. The molecule has 2 aliphatic rings. The van der Waals surface area contributed by atoms with Gasteiger partial charge in [0.15, 0.2) is 22.7 Å². The smallest absolute Gasteiger partial charge is 0.194 e. The molecule has 0 radical (unpaired) electrons. The number of pyridine rings is 2. The van der Waals surface area contributed by atoms with Crippen molar-refractivity contribution >= 4 is 23.1 Å². The number of nitrogens with zero attached hydrogens (tertiary/aromatic N) is 4. The Morgan fingerprint density at radius 1 is 1.00 bits per heavy atom. The summed E-state index contributed by atoms with van der Waals surface area (Å²) in [6, 6.07) is 14.4. The number of hydrogen-bond donors (Lipinski definition) is 0. The van der Waals surface area contributed by atoms with Crippen molar-refractivity contribution in [3.63, 3.8) is 0 Å². The number of halogens is 3. The van der Waals surface area contributed by atoms with E-state index < -0.39 is 17.5 Å². The quantitative estimate of drug-likeness (QED) is 0.404. The van der Waals surface area contributed by atoms with Gasteiger partial charge in [-0.1, -0.05) is 30.3 Å². The first-order valence-electron chi connectivity index (χ1n) is 11.4. The number of hydrogen-bond acceptors (Lipinski definition) is 4. The van der Waals surface area contributed by atoms with Crippen molar-refractivity contribution in [2.45, 2.75) is 13.0 Å². The molecule has 35 heavy (non-hydrogen) atoms. The van der Waals surface area contributed by atoms with Gasteiger partial charge < -0.3 is 4.90 Å². The summed E-state index contributed by atoms with van der Waals surface area (Å²) in [7, 11) is 0. The molecule has 0 amide bonds. The first-order chi connectivity index (χ1) is 16.9. The summed E-state index contributed by atoms with van der Waals surface area (Å²) < 4.78 is 44.6. The number of rotatable bonds is 4. The first kappa shape index (κ1) is 21.6. The largest absolute Gasteiger partial charge is 0.353 e. The SMILES string of the molecule is Cc1cn(-c2ccc(F)cc2F)c2nc(N3C[C@@H]4C(N=Cc5ccccc5)[C@@H]4C3)c(F)cc2c1=O. The molecule has 2 fully saturated rings. The van der Waals surface area contributed by atoms with Gasteiger partial charge in [0.05, 0.1) is 17.1 Å². The van der Waals surface area contributed by atoms with E-state index in [0.29, 0.717) is 30.5 Å². The minimum Gasteiger partial charge on any atom is -0.353 e. The number of aliphatic imine (C=N–C) groups is 1. The summed E-state index contributed by atoms with van der Waals surface area (Å²) in [6.45, 7) is 2.76. The molecule has 1 aliphatic heterocycles. The van der Waals surface area contributed by atoms with Crippen molar-refractivity contribution in [3.8, 4) is 5.69 Å². The van der Waals surface area contributed by atoms with Gasteiger partial charge in [0, 0.05) is 49.0 Å². The highest BCUT2D eigenvalue weighted by atomic mass is 19.1. The van der Waals surface area contributed by atoms with Crippen molar-refractivity contribution < 1.29 is 13.2 Å². The molecule has 1 saturated heterocycles. The van der Waals surface area contributed by atoms with Crippen LogP contribution < -0.4 is 10.3 Å². The number of aromatic nitrogens is 2. The van der Waals surface area contributed by atoms with Crippen molar-refractivity contribution in [1.29, 1.82) is 0 Å². The van der Waals surface area contributed by atoms with Crippen LogP contribution in [0.25, 0.3) is 16.7 Å². The molecule has 8 heteroatoms. The second kappa shape index (κ2) is 8.08. The Morgan fingerprint density at radius 3 is 2.46 bits per heavy atom. The van der Waals surface area contributed by atoms with Gasteiger partial charge in [0.1, 0.15) is 11.6 Å². The molecule has 1 aliphatic carbocycles. The van der Waals surface area contributed by atoms with E-state index in [1.54, 1.807) is 6.92 Å². The lowest BCUT2D eigenvalue weighted by molar-refractivity contribution is 0.578. The molecule has 5 nitrogen and oxygen atoms in total. The summed E-state index contributed by atoms with van der Waals surface area (Å²) in [5.41, 5.74) is 1.12. The van der Waals surface area contributed by atoms with E-state index in [1.807, 2.05) is 41.4 Å². The Kier molecular flexibility index (Phi) is 4.98. The fraction of sp³-hybridized carbons (Fsp3) is 0.222. The van der Waals surface area contributed by atoms with Crippen LogP contribution in [0, 0.1) is 36.2 Å². The molecule has 2 aromatic carbocycles. The van der Waals surface area contributed by atoms with Gasteiger partial charge in [-0.2, -0.15) is 0 Å². The molecule has 176 valence electrons. The fourth-order valence-electron chi connectivity index (χ4n) is 5.03. The maximum Gasteiger partial charge on any atom is 0.194 e. The Morgan fingerprint density at radius 2 is 1.74 bits per heavy atom. The lowest BCUT2D eigenvalue weighted by Crippen LogP contribution is -2.27. The number of anilines is 1. The molecule has 1 unspecified atom stereocenters. The van der Waals surface area contributed by atoms with Crippen molar-refractivity contribution in [1.82, 2.24) is 9.55 Å². The van der Waals surface area contributed by atoms with Gasteiger partial charge in [-0.3, -0.25) is 14.4 Å². The highest BCUT2D eigenvalue weighted by molar-refractivity contribution is 5.81. The Hall–Kier alpha value is -3.94. The summed E-state index contributed by atoms with van der Waals surface area (Å²) in [4.78, 5) is 23.8. The highest BCUT2D eigenvalue weighted by Crippen LogP contribution is 2.49. The molecule has 1 saturated carbocycles. The lowest BCUT2D eigenvalue weighted by atomic mass is 10.2. The van der Waals surface area contributed by atoms with E-state index in [9.17, 15) is 13.6 Å². The van der Waals surface area contributed by atoms with Crippen LogP contribution >= 0.6 is 0 Å². The Labute approximate surface area is 199 Å². The van der Waals surface area contributed by atoms with Crippen LogP contribution in [0.15, 0.2) is 70.6 Å². The molecule has 0 N–H and O–H groups in total. The second-order valence-electron chi connectivity index (χ2n) is 9.18. The zero-order chi connectivity index (χ0) is 24.3. The topological polar surface area (TPSA) is 50.5 Å². The summed E-state index contributed by atoms with van der Waals surface area (Å²) >= 11 is 0. The number of aryl methyl sites for hydroxylation is 1. The lowest BCUT2D eigenvalue weighted by Gasteiger charge is -2.22. The molecule has 0 bridgehead atoms. The molecule has 2 aromatic heterocycles. The zero-order valence-electron chi connectivity index (χ0n) is 18.8. The number of benzene rings is 2. The third kappa shape index (κ3) is 3.69. The third-order valence-electron chi connectivity index (χ3n) is 6.90. The molecule has 3 heterocycles. The zero-order valence-corrected chi connectivity index (χ0v) is 18.8. The van der Waals surface area contributed by atoms with Gasteiger partial charge in [-0.15, -0.1) is 0 Å². The van der Waals surface area contributed by atoms with Crippen molar-refractivity contribution in [3.05, 3.63) is 99.6 Å². The Balaban J connectivity index is 1.33. The van der Waals surface area contributed by atoms with Crippen LogP contribution in [-0.2, 0) is 0 Å². The third-order valence-corrected chi connectivity index (χ3v) is 6.90. The molecular formula is C27H21F3N4O. The van der Waals surface area contributed by atoms with Crippen LogP contribution in [0.2, 0.25) is 0 Å². The number of fused-ring (bicyclic) bond motifs is 2. The minimum atomic E-state index is -0.802. The second-order valence-corrected chi connectivity index (χ2v) is 9.18. The average Bonchev–Trinajstić information content (AvgIpc) is 3.29. The summed E-state index contributed by atoms with van der Waals surface area (Å²) in [5, 5.41) is 0.0460. The summed E-state index contributed by atoms with van der Waals surface area (Å²) in [5.74, 6) is -1.38. The Bertz CT molecular complexity index is 1540. The van der Waals surface area contributed by atoms with Gasteiger partial charge in [-0.05, 0) is 30.7 Å². The van der Waals surface area contributed by atoms with Crippen LogP contribution in [-0.4, -0.2) is 34.9 Å². The van der Waals surface area contributed by atoms with Gasteiger partial charge in [-0.25, -0.2) is 18.2 Å². The van der Waals surface area contributed by atoms with Crippen LogP contribution in [0.1, 0.15) is 11.1 Å². The van der Waals surface area contributed by atoms with Gasteiger partial charge in [0.2, 0.25) is 0 Å². The van der Waals surface area contributed by atoms with Crippen molar-refractivity contribution in [2.75, 3.05) is 18.0 Å². The van der Waals surface area contributed by atoms with Gasteiger partial charge in [0.25, 0.3) is 0 Å². The van der Waals surface area contributed by atoms with Crippen LogP contribution in [0.3, 0.4) is 0 Å². The maximum atomic E-state index is 15.2. The molecular weight excluding hydrogens is 453 g/mol. The van der Waals surface area contributed by atoms with Crippen LogP contribution in [0.4, 0.5) is 19.0 Å². The maximum absolute atomic E-state index is 15.2. The molecule has 3 atom stereocenters. The van der Waals surface area contributed by atoms with E-state index in [0.717, 1.165) is 17.7 Å². The summed E-state index contributed by atoms with van der Waals surface area (Å²) in [6.07, 6.45) is 3.33. The standard InChI is InChI=1S/C27H21F3N4O/c1-15-12-34(23-8-7-17(28)9-21(23)29)26-18(25(15)35)10-22(30)27(32-26)33-13-19-20(14-33)24(19)31-11-16-5-3-2-4-6-16/h2-12,19-20,24H,13-14H2,1H3/t19-,20+,24?. The van der Waals surface area contributed by atoms with Crippen molar-refractivity contribution in [2.24, 2.45) is 16.8 Å². The van der Waals surface area contributed by atoms with E-state index in [-0.39, 0.29) is 34.0 Å². The van der Waals surface area contributed by atoms with E-state index in [1.165, 1.54) is 22.9 Å². The average molecular weight is 474 g/mol. The van der Waals surface area contributed by atoms with E-state index >= 15 is 4.39 Å². The van der Waals surface area contributed by atoms with Gasteiger partial charge >= 0.3 is 0 Å². The minimum absolute atomic E-state index is 0.0316. The highest BCUT2D eigenvalue weighted by Gasteiger charge is 2.56. The number of piperidine rings is 1. The van der Waals surface area contributed by atoms with E-state index in [4.69, 9.17) is 4.99 Å². The molecule has 0 spiro atoms. The van der Waals surface area contributed by atoms with Crippen LogP contribution in [0.5, 0.6) is 0 Å². The molecule has 6 rings (SSSR count). The molecule has 4 aromatic rings. The predicted molar refractivity (Wildman–Crippen MR) is 129 cm³/mol.